The number of primary amides is 1. The fraction of sp³-hybridized carbons (Fsp3) is 0.586. The third kappa shape index (κ3) is 7.32. The number of aliphatic hydroxyl groups is 1. The van der Waals surface area contributed by atoms with Gasteiger partial charge in [0, 0.05) is 43.6 Å². The lowest BCUT2D eigenvalue weighted by Crippen LogP contribution is -2.50. The molecule has 2 heterocycles. The van der Waals surface area contributed by atoms with Gasteiger partial charge in [-0.05, 0) is 83.6 Å². The Kier molecular flexibility index (Phi) is 9.02. The fourth-order valence-corrected chi connectivity index (χ4v) is 5.19. The molecule has 2 amide bonds. The minimum Gasteiger partial charge on any atom is -0.444 e. The molecule has 1 aliphatic carbocycles. The number of piperazine rings is 1. The lowest BCUT2D eigenvalue weighted by atomic mass is 9.93. The number of ether oxygens (including phenoxy) is 1. The molecule has 2 aromatic rings. The van der Waals surface area contributed by atoms with E-state index >= 15 is 0 Å². The Balaban J connectivity index is 1.48. The van der Waals surface area contributed by atoms with E-state index in [1.54, 1.807) is 4.90 Å². The number of carbonyl (C=O) groups excluding carboxylic acids is 2. The number of nitrogens with two attached hydrogens (primary N) is 1. The van der Waals surface area contributed by atoms with Crippen molar-refractivity contribution in [3.8, 4) is 0 Å². The van der Waals surface area contributed by atoms with Gasteiger partial charge in [-0.2, -0.15) is 0 Å². The van der Waals surface area contributed by atoms with Crippen molar-refractivity contribution >= 4 is 35.0 Å². The number of hydrogen-bond acceptors (Lipinski definition) is 9. The van der Waals surface area contributed by atoms with Crippen molar-refractivity contribution in [2.24, 2.45) is 5.73 Å². The molecule has 4 rings (SSSR count). The van der Waals surface area contributed by atoms with Crippen LogP contribution < -0.4 is 21.3 Å². The molecule has 1 aliphatic heterocycles. The van der Waals surface area contributed by atoms with Gasteiger partial charge in [0.1, 0.15) is 11.4 Å². The van der Waals surface area contributed by atoms with Gasteiger partial charge in [0.25, 0.3) is 5.91 Å². The predicted octanol–water partition coefficient (Wildman–Crippen LogP) is 3.96. The Bertz CT molecular complexity index is 1210. The molecule has 1 aromatic carbocycles. The van der Waals surface area contributed by atoms with Crippen LogP contribution in [0.2, 0.25) is 0 Å². The van der Waals surface area contributed by atoms with Crippen molar-refractivity contribution in [2.45, 2.75) is 84.5 Å². The maximum atomic E-state index is 12.4. The molecule has 1 saturated heterocycles. The number of aliphatic hydroxyl groups excluding tert-OH is 1. The first-order chi connectivity index (χ1) is 18.9. The average molecular weight is 554 g/mol. The number of benzene rings is 1. The second kappa shape index (κ2) is 12.3. The molecule has 1 saturated carbocycles. The van der Waals surface area contributed by atoms with Gasteiger partial charge in [0.05, 0.1) is 11.8 Å². The SMILES string of the molecule is CCc1nc(C(N)=O)c(Nc2ccc(N3CCN(C(=O)OC(C)(C)C)CC3)c(C)c2)nc1N[C@H]1CC[C@H](O)CC1. The largest absolute Gasteiger partial charge is 0.444 e. The van der Waals surface area contributed by atoms with E-state index in [2.05, 4.69) is 20.5 Å². The van der Waals surface area contributed by atoms with E-state index in [1.807, 2.05) is 52.8 Å². The van der Waals surface area contributed by atoms with Crippen molar-refractivity contribution in [1.29, 1.82) is 0 Å². The van der Waals surface area contributed by atoms with Gasteiger partial charge in [-0.25, -0.2) is 14.8 Å². The van der Waals surface area contributed by atoms with Crippen molar-refractivity contribution in [3.05, 3.63) is 35.2 Å². The molecule has 11 heteroatoms. The summed E-state index contributed by atoms with van der Waals surface area (Å²) in [4.78, 5) is 38.0. The maximum absolute atomic E-state index is 12.4. The van der Waals surface area contributed by atoms with Crippen LogP contribution in [0.4, 0.5) is 27.8 Å². The lowest BCUT2D eigenvalue weighted by Gasteiger charge is -2.37. The number of anilines is 4. The number of hydrogen-bond donors (Lipinski definition) is 4. The van der Waals surface area contributed by atoms with Crippen LogP contribution in [0.25, 0.3) is 0 Å². The zero-order chi connectivity index (χ0) is 29.0. The zero-order valence-electron chi connectivity index (χ0n) is 24.3. The van der Waals surface area contributed by atoms with Crippen molar-refractivity contribution < 1.29 is 19.4 Å². The van der Waals surface area contributed by atoms with Gasteiger partial charge in [-0.3, -0.25) is 4.79 Å². The average Bonchev–Trinajstić information content (AvgIpc) is 2.89. The quantitative estimate of drug-likeness (QED) is 0.400. The summed E-state index contributed by atoms with van der Waals surface area (Å²) in [7, 11) is 0. The Labute approximate surface area is 236 Å². The van der Waals surface area contributed by atoms with Crippen LogP contribution in [-0.2, 0) is 11.2 Å². The maximum Gasteiger partial charge on any atom is 0.410 e. The second-order valence-electron chi connectivity index (χ2n) is 11.7. The van der Waals surface area contributed by atoms with Crippen LogP contribution in [-0.4, -0.2) is 75.9 Å². The number of aryl methyl sites for hydroxylation is 2. The van der Waals surface area contributed by atoms with Gasteiger partial charge in [0.15, 0.2) is 11.5 Å². The van der Waals surface area contributed by atoms with Crippen molar-refractivity contribution in [3.63, 3.8) is 0 Å². The standard InChI is InChI=1S/C29H43N7O4/c1-6-22-26(31-19-7-10-21(37)11-8-19)34-27(24(33-22)25(30)38)32-20-9-12-23(18(2)17-20)35-13-15-36(16-14-35)28(39)40-29(3,4)5/h9,12,17,19,21,37H,6-8,10-11,13-16H2,1-5H3,(H2,30,38)(H2,31,32,34)/t19-,21-. The molecule has 0 atom stereocenters. The van der Waals surface area contributed by atoms with Crippen molar-refractivity contribution in [2.75, 3.05) is 41.7 Å². The molecule has 2 fully saturated rings. The van der Waals surface area contributed by atoms with Crippen molar-refractivity contribution in [1.82, 2.24) is 14.9 Å². The third-order valence-corrected chi connectivity index (χ3v) is 7.31. The molecule has 5 N–H and O–H groups in total. The molecule has 0 unspecified atom stereocenters. The molecular formula is C29H43N7O4. The van der Waals surface area contributed by atoms with Crippen LogP contribution in [0.1, 0.15) is 75.1 Å². The Hall–Kier alpha value is -3.60. The molecule has 40 heavy (non-hydrogen) atoms. The summed E-state index contributed by atoms with van der Waals surface area (Å²) < 4.78 is 5.51. The first-order valence-corrected chi connectivity index (χ1v) is 14.2. The number of nitrogens with one attached hydrogen (secondary N) is 2. The van der Waals surface area contributed by atoms with Crippen LogP contribution in [0, 0.1) is 6.92 Å². The summed E-state index contributed by atoms with van der Waals surface area (Å²) in [6, 6.07) is 6.17. The molecule has 11 nitrogen and oxygen atoms in total. The highest BCUT2D eigenvalue weighted by Gasteiger charge is 2.27. The molecule has 1 aromatic heterocycles. The summed E-state index contributed by atoms with van der Waals surface area (Å²) in [5.74, 6) is 0.294. The fourth-order valence-electron chi connectivity index (χ4n) is 5.19. The monoisotopic (exact) mass is 553 g/mol. The number of carbonyl (C=O) groups is 2. The van der Waals surface area contributed by atoms with Gasteiger partial charge in [-0.15, -0.1) is 0 Å². The number of amides is 2. The van der Waals surface area contributed by atoms with Crippen LogP contribution in [0.15, 0.2) is 18.2 Å². The van der Waals surface area contributed by atoms with E-state index in [0.717, 1.165) is 42.6 Å². The number of nitrogens with zero attached hydrogens (tertiary/aromatic N) is 4. The third-order valence-electron chi connectivity index (χ3n) is 7.31. The smallest absolute Gasteiger partial charge is 0.410 e. The summed E-state index contributed by atoms with van der Waals surface area (Å²) >= 11 is 0. The first kappa shape index (κ1) is 29.4. The first-order valence-electron chi connectivity index (χ1n) is 14.2. The van der Waals surface area contributed by atoms with Gasteiger partial charge >= 0.3 is 6.09 Å². The number of aromatic nitrogens is 2. The van der Waals surface area contributed by atoms with Gasteiger partial charge in [0.2, 0.25) is 0 Å². The second-order valence-corrected chi connectivity index (χ2v) is 11.7. The summed E-state index contributed by atoms with van der Waals surface area (Å²) in [5, 5.41) is 16.6. The van der Waals surface area contributed by atoms with E-state index in [1.165, 1.54) is 0 Å². The predicted molar refractivity (Wildman–Crippen MR) is 156 cm³/mol. The molecule has 0 spiro atoms. The minimum atomic E-state index is -0.645. The summed E-state index contributed by atoms with van der Waals surface area (Å²) in [6.45, 7) is 12.2. The molecule has 2 aliphatic rings. The molecule has 0 radical (unpaired) electrons. The summed E-state index contributed by atoms with van der Waals surface area (Å²) in [6.07, 6.45) is 3.26. The van der Waals surface area contributed by atoms with Crippen LogP contribution in [0.5, 0.6) is 0 Å². The van der Waals surface area contributed by atoms with Crippen LogP contribution >= 0.6 is 0 Å². The van der Waals surface area contributed by atoms with E-state index in [-0.39, 0.29) is 23.9 Å². The van der Waals surface area contributed by atoms with Gasteiger partial charge in [-0.1, -0.05) is 6.92 Å². The Morgan fingerprint density at radius 3 is 2.33 bits per heavy atom. The Morgan fingerprint density at radius 2 is 1.75 bits per heavy atom. The van der Waals surface area contributed by atoms with E-state index in [0.29, 0.717) is 49.9 Å². The zero-order valence-corrected chi connectivity index (χ0v) is 24.3. The summed E-state index contributed by atoms with van der Waals surface area (Å²) in [5.41, 5.74) is 8.85. The highest BCUT2D eigenvalue weighted by atomic mass is 16.6. The van der Waals surface area contributed by atoms with Crippen LogP contribution in [0.3, 0.4) is 0 Å². The highest BCUT2D eigenvalue weighted by Crippen LogP contribution is 2.29. The minimum absolute atomic E-state index is 0.0986. The van der Waals surface area contributed by atoms with E-state index in [4.69, 9.17) is 15.5 Å². The van der Waals surface area contributed by atoms with E-state index in [9.17, 15) is 14.7 Å². The molecule has 0 bridgehead atoms. The topological polar surface area (TPSA) is 146 Å². The lowest BCUT2D eigenvalue weighted by molar-refractivity contribution is 0.0240. The number of rotatable bonds is 7. The molecular weight excluding hydrogens is 510 g/mol. The highest BCUT2D eigenvalue weighted by molar-refractivity contribution is 5.96. The normalized spacial score (nSPS) is 19.8. The van der Waals surface area contributed by atoms with E-state index < -0.39 is 11.5 Å². The molecule has 218 valence electrons. The van der Waals surface area contributed by atoms with Gasteiger partial charge < -0.3 is 36.0 Å². The Morgan fingerprint density at radius 1 is 1.07 bits per heavy atom.